The summed E-state index contributed by atoms with van der Waals surface area (Å²) in [6.07, 6.45) is 0. The molecular formula is C6H17O3Ti. The van der Waals surface area contributed by atoms with Crippen LogP contribution in [-0.2, 0) is 23.7 Å². The minimum atomic E-state index is 0.250. The second-order valence-electron chi connectivity index (χ2n) is 0.632. The topological polar surface area (TPSA) is 57.5 Å². The molecular weight excluding hydrogens is 168 g/mol. The van der Waals surface area contributed by atoms with Crippen molar-refractivity contribution in [1.29, 1.82) is 0 Å². The molecule has 4 heteroatoms. The van der Waals surface area contributed by atoms with E-state index in [0.717, 1.165) is 20.4 Å². The summed E-state index contributed by atoms with van der Waals surface area (Å²) < 4.78 is 8.25. The van der Waals surface area contributed by atoms with Crippen LogP contribution in [0, 0.1) is 6.92 Å². The Hall–Kier alpha value is 0.434. The molecule has 0 aliphatic rings. The SMILES string of the molecule is CCO.CCO.[CH2-]C.[O]=[Ti+]. The van der Waals surface area contributed by atoms with E-state index >= 15 is 0 Å². The van der Waals surface area contributed by atoms with Crippen LogP contribution in [0.1, 0.15) is 20.8 Å². The molecule has 0 atom stereocenters. The van der Waals surface area contributed by atoms with E-state index in [1.54, 1.807) is 20.8 Å². The van der Waals surface area contributed by atoms with E-state index in [2.05, 4.69) is 6.92 Å². The molecule has 0 bridgehead atoms. The van der Waals surface area contributed by atoms with Crippen molar-refractivity contribution in [3.05, 3.63) is 6.92 Å². The Bertz CT molecular complexity index is 20.5. The zero-order chi connectivity index (χ0) is 9.41. The summed E-state index contributed by atoms with van der Waals surface area (Å²) in [5.41, 5.74) is 0. The fraction of sp³-hybridized carbons (Fsp3) is 0.833. The Morgan fingerprint density at radius 2 is 1.10 bits per heavy atom. The maximum atomic E-state index is 8.25. The molecule has 2 N–H and O–H groups in total. The molecule has 0 rings (SSSR count). The van der Waals surface area contributed by atoms with E-state index in [-0.39, 0.29) is 13.2 Å². The third-order valence-electron chi connectivity index (χ3n) is 0. The molecule has 10 heavy (non-hydrogen) atoms. The van der Waals surface area contributed by atoms with Crippen LogP contribution in [0.3, 0.4) is 0 Å². The van der Waals surface area contributed by atoms with Crippen LogP contribution in [0.5, 0.6) is 0 Å². The van der Waals surface area contributed by atoms with Crippen LogP contribution in [0.15, 0.2) is 0 Å². The first-order valence-electron chi connectivity index (χ1n) is 2.96. The molecule has 0 aromatic heterocycles. The molecule has 0 saturated heterocycles. The average molecular weight is 185 g/mol. The second kappa shape index (κ2) is 113. The summed E-state index contributed by atoms with van der Waals surface area (Å²) in [4.78, 5) is 0. The summed E-state index contributed by atoms with van der Waals surface area (Å²) in [5, 5.41) is 15.1. The Kier molecular flexibility index (Phi) is 254. The van der Waals surface area contributed by atoms with Crippen molar-refractivity contribution >= 4 is 0 Å². The zero-order valence-electron chi connectivity index (χ0n) is 6.92. The van der Waals surface area contributed by atoms with E-state index < -0.39 is 0 Å². The fourth-order valence-electron chi connectivity index (χ4n) is 0. The quantitative estimate of drug-likeness (QED) is 0.431. The van der Waals surface area contributed by atoms with Crippen LogP contribution < -0.4 is 0 Å². The van der Waals surface area contributed by atoms with Crippen molar-refractivity contribution in [3.8, 4) is 0 Å². The number of rotatable bonds is 0. The van der Waals surface area contributed by atoms with Crippen LogP contribution in [-0.4, -0.2) is 23.4 Å². The van der Waals surface area contributed by atoms with Gasteiger partial charge in [-0.3, -0.25) is 0 Å². The normalized spacial score (nSPS) is 4.80. The maximum absolute atomic E-state index is 8.25. The van der Waals surface area contributed by atoms with Crippen molar-refractivity contribution < 1.29 is 33.9 Å². The molecule has 0 aromatic carbocycles. The number of aliphatic hydroxyl groups excluding tert-OH is 2. The molecule has 0 unspecified atom stereocenters. The monoisotopic (exact) mass is 185 g/mol. The van der Waals surface area contributed by atoms with Gasteiger partial charge in [0.05, 0.1) is 0 Å². The Morgan fingerprint density at radius 3 is 1.10 bits per heavy atom. The summed E-state index contributed by atoms with van der Waals surface area (Å²) in [5.74, 6) is 0. The van der Waals surface area contributed by atoms with Gasteiger partial charge in [0.2, 0.25) is 0 Å². The molecule has 0 saturated carbocycles. The van der Waals surface area contributed by atoms with Crippen molar-refractivity contribution in [1.82, 2.24) is 0 Å². The fourth-order valence-corrected chi connectivity index (χ4v) is 0. The van der Waals surface area contributed by atoms with Gasteiger partial charge in [-0.25, -0.2) is 0 Å². The van der Waals surface area contributed by atoms with Gasteiger partial charge in [-0.2, -0.15) is 6.92 Å². The summed E-state index contributed by atoms with van der Waals surface area (Å²) in [6, 6.07) is 0. The van der Waals surface area contributed by atoms with Gasteiger partial charge >= 0.3 is 23.7 Å². The number of hydrogen-bond acceptors (Lipinski definition) is 3. The van der Waals surface area contributed by atoms with E-state index in [1.165, 1.54) is 0 Å². The van der Waals surface area contributed by atoms with Gasteiger partial charge < -0.3 is 17.1 Å². The van der Waals surface area contributed by atoms with E-state index in [4.69, 9.17) is 13.5 Å². The summed E-state index contributed by atoms with van der Waals surface area (Å²) >= 11 is 0.750. The van der Waals surface area contributed by atoms with Gasteiger partial charge in [0.15, 0.2) is 0 Å². The zero-order valence-corrected chi connectivity index (χ0v) is 8.49. The molecule has 0 amide bonds. The van der Waals surface area contributed by atoms with Gasteiger partial charge in [-0.15, -0.1) is 0 Å². The van der Waals surface area contributed by atoms with Crippen molar-refractivity contribution in [2.45, 2.75) is 20.8 Å². The van der Waals surface area contributed by atoms with Crippen LogP contribution in [0.4, 0.5) is 0 Å². The number of aliphatic hydroxyl groups is 2. The van der Waals surface area contributed by atoms with Gasteiger partial charge in [0, 0.05) is 13.2 Å². The van der Waals surface area contributed by atoms with Crippen molar-refractivity contribution in [3.63, 3.8) is 0 Å². The first-order chi connectivity index (χ1) is 4.83. The third kappa shape index (κ3) is 2470. The van der Waals surface area contributed by atoms with Crippen LogP contribution in [0.2, 0.25) is 0 Å². The Balaban J connectivity index is -0.0000000246. The predicted octanol–water partition coefficient (Wildman–Crippen LogP) is 0.716. The molecule has 0 heterocycles. The summed E-state index contributed by atoms with van der Waals surface area (Å²) in [7, 11) is 0. The van der Waals surface area contributed by atoms with Gasteiger partial charge in [-0.1, -0.05) is 0 Å². The Labute approximate surface area is 75.2 Å². The van der Waals surface area contributed by atoms with Crippen molar-refractivity contribution in [2.24, 2.45) is 0 Å². The average Bonchev–Trinajstić information content (AvgIpc) is 1.99. The van der Waals surface area contributed by atoms with E-state index in [0.29, 0.717) is 0 Å². The molecule has 0 radical (unpaired) electrons. The first kappa shape index (κ1) is 22.4. The van der Waals surface area contributed by atoms with E-state index in [9.17, 15) is 0 Å². The molecule has 3 nitrogen and oxygen atoms in total. The second-order valence-corrected chi connectivity index (χ2v) is 0.632. The van der Waals surface area contributed by atoms with Gasteiger partial charge in [0.25, 0.3) is 0 Å². The van der Waals surface area contributed by atoms with Gasteiger partial charge in [-0.05, 0) is 13.8 Å². The standard InChI is InChI=1S/2C2H6O.C2H5.O.Ti/c2*1-2-3;1-2;;/h2*3H,2H2,1H3;1H2,2H3;;/q;;-1;;+1. The molecule has 0 aliphatic heterocycles. The molecule has 63 valence electrons. The minimum absolute atomic E-state index is 0.250. The summed E-state index contributed by atoms with van der Waals surface area (Å²) in [6.45, 7) is 8.86. The Morgan fingerprint density at radius 1 is 1.10 bits per heavy atom. The third-order valence-corrected chi connectivity index (χ3v) is 0. The first-order valence-corrected chi connectivity index (χ1v) is 3.60. The van der Waals surface area contributed by atoms with Crippen LogP contribution in [0.25, 0.3) is 0 Å². The van der Waals surface area contributed by atoms with Crippen LogP contribution >= 0.6 is 0 Å². The van der Waals surface area contributed by atoms with Gasteiger partial charge in [0.1, 0.15) is 0 Å². The molecule has 0 aromatic rings. The molecule has 0 aliphatic carbocycles. The number of hydrogen-bond donors (Lipinski definition) is 2. The predicted molar refractivity (Wildman–Crippen MR) is 37.2 cm³/mol. The molecule has 0 fully saturated rings. The van der Waals surface area contributed by atoms with E-state index in [1.807, 2.05) is 0 Å². The van der Waals surface area contributed by atoms with Crippen molar-refractivity contribution in [2.75, 3.05) is 13.2 Å². The molecule has 0 spiro atoms.